The zero-order chi connectivity index (χ0) is 14.1. The van der Waals surface area contributed by atoms with Crippen molar-refractivity contribution in [2.45, 2.75) is 6.54 Å². The largest absolute Gasteiger partial charge is 0.465 e. The van der Waals surface area contributed by atoms with Crippen molar-refractivity contribution in [2.75, 3.05) is 36.4 Å². The Hall–Kier alpha value is -2.44. The summed E-state index contributed by atoms with van der Waals surface area (Å²) in [5.74, 6) is 0. The van der Waals surface area contributed by atoms with Crippen molar-refractivity contribution < 1.29 is 14.7 Å². The molecule has 2 aliphatic rings. The van der Waals surface area contributed by atoms with E-state index in [-0.39, 0.29) is 6.03 Å². The number of carbonyl (C=O) groups is 2. The second-order valence-corrected chi connectivity index (χ2v) is 4.91. The molecule has 1 aromatic carbocycles. The number of rotatable bonds is 1. The molecule has 1 saturated heterocycles. The highest BCUT2D eigenvalue weighted by molar-refractivity contribution is 5.92. The van der Waals surface area contributed by atoms with Crippen LogP contribution in [0.4, 0.5) is 21.0 Å². The first-order chi connectivity index (χ1) is 9.63. The molecule has 0 aromatic heterocycles. The SMILES string of the molecule is O=C1NCc2cc(N3CCN(C(=O)O)CC3)ccc2N1. The van der Waals surface area contributed by atoms with Crippen LogP contribution in [0.25, 0.3) is 0 Å². The van der Waals surface area contributed by atoms with Crippen molar-refractivity contribution in [2.24, 2.45) is 0 Å². The Morgan fingerprint density at radius 1 is 1.20 bits per heavy atom. The number of nitrogens with zero attached hydrogens (tertiary/aromatic N) is 2. The predicted octanol–water partition coefficient (Wildman–Crippen LogP) is 1.12. The maximum Gasteiger partial charge on any atom is 0.407 e. The standard InChI is InChI=1S/C13H16N4O3/c18-12-14-8-9-7-10(1-2-11(9)15-12)16-3-5-17(6-4-16)13(19)20/h1-2,7H,3-6,8H2,(H,19,20)(H2,14,15,18). The average Bonchev–Trinajstić information content (AvgIpc) is 2.47. The number of hydrogen-bond donors (Lipinski definition) is 3. The quantitative estimate of drug-likeness (QED) is 0.717. The van der Waals surface area contributed by atoms with E-state index >= 15 is 0 Å². The van der Waals surface area contributed by atoms with Gasteiger partial charge >= 0.3 is 12.1 Å². The number of hydrogen-bond acceptors (Lipinski definition) is 3. The molecule has 0 spiro atoms. The van der Waals surface area contributed by atoms with Crippen LogP contribution in [0.15, 0.2) is 18.2 Å². The summed E-state index contributed by atoms with van der Waals surface area (Å²) in [6, 6.07) is 5.71. The molecular formula is C13H16N4O3. The number of benzene rings is 1. The summed E-state index contributed by atoms with van der Waals surface area (Å²) in [6.45, 7) is 2.92. The highest BCUT2D eigenvalue weighted by atomic mass is 16.4. The molecular weight excluding hydrogens is 260 g/mol. The molecule has 106 valence electrons. The molecule has 2 heterocycles. The van der Waals surface area contributed by atoms with Gasteiger partial charge in [-0.2, -0.15) is 0 Å². The lowest BCUT2D eigenvalue weighted by atomic mass is 10.1. The van der Waals surface area contributed by atoms with E-state index < -0.39 is 6.09 Å². The monoisotopic (exact) mass is 276 g/mol. The van der Waals surface area contributed by atoms with Crippen molar-refractivity contribution in [3.63, 3.8) is 0 Å². The summed E-state index contributed by atoms with van der Waals surface area (Å²) in [4.78, 5) is 25.7. The van der Waals surface area contributed by atoms with Crippen LogP contribution >= 0.6 is 0 Å². The van der Waals surface area contributed by atoms with E-state index in [1.54, 1.807) is 0 Å². The summed E-state index contributed by atoms with van der Waals surface area (Å²) in [6.07, 6.45) is -0.859. The Morgan fingerprint density at radius 3 is 2.65 bits per heavy atom. The molecule has 20 heavy (non-hydrogen) atoms. The first-order valence-corrected chi connectivity index (χ1v) is 6.54. The molecule has 0 atom stereocenters. The van der Waals surface area contributed by atoms with Crippen molar-refractivity contribution in [3.05, 3.63) is 23.8 Å². The van der Waals surface area contributed by atoms with E-state index in [4.69, 9.17) is 5.11 Å². The zero-order valence-electron chi connectivity index (χ0n) is 10.9. The number of piperazine rings is 1. The molecule has 0 aliphatic carbocycles. The van der Waals surface area contributed by atoms with E-state index in [2.05, 4.69) is 15.5 Å². The van der Waals surface area contributed by atoms with Crippen molar-refractivity contribution in [3.8, 4) is 0 Å². The molecule has 7 heteroatoms. The third kappa shape index (κ3) is 2.34. The lowest BCUT2D eigenvalue weighted by Crippen LogP contribution is -2.48. The van der Waals surface area contributed by atoms with Crippen LogP contribution in [-0.4, -0.2) is 48.3 Å². The Bertz CT molecular complexity index is 553. The highest BCUT2D eigenvalue weighted by Crippen LogP contribution is 2.26. The second kappa shape index (κ2) is 4.92. The minimum atomic E-state index is -0.859. The van der Waals surface area contributed by atoms with Crippen molar-refractivity contribution in [1.29, 1.82) is 0 Å². The van der Waals surface area contributed by atoms with E-state index in [0.29, 0.717) is 32.7 Å². The van der Waals surface area contributed by atoms with Gasteiger partial charge in [-0.15, -0.1) is 0 Å². The van der Waals surface area contributed by atoms with Gasteiger partial charge in [-0.05, 0) is 23.8 Å². The number of carboxylic acid groups (broad SMARTS) is 1. The molecule has 3 rings (SSSR count). The molecule has 1 aromatic rings. The molecule has 0 bridgehead atoms. The number of urea groups is 1. The number of fused-ring (bicyclic) bond motifs is 1. The van der Waals surface area contributed by atoms with Crippen LogP contribution in [0.3, 0.4) is 0 Å². The van der Waals surface area contributed by atoms with Crippen LogP contribution in [0, 0.1) is 0 Å². The number of carbonyl (C=O) groups excluding carboxylic acids is 1. The Labute approximate surface area is 116 Å². The third-order valence-corrected chi connectivity index (χ3v) is 3.69. The number of amides is 3. The van der Waals surface area contributed by atoms with Gasteiger partial charge in [0.15, 0.2) is 0 Å². The van der Waals surface area contributed by atoms with E-state index in [0.717, 1.165) is 16.9 Å². The fourth-order valence-electron chi connectivity index (χ4n) is 2.54. The summed E-state index contributed by atoms with van der Waals surface area (Å²) in [7, 11) is 0. The maximum absolute atomic E-state index is 11.2. The van der Waals surface area contributed by atoms with E-state index in [9.17, 15) is 9.59 Å². The van der Waals surface area contributed by atoms with Gasteiger partial charge in [0.2, 0.25) is 0 Å². The first-order valence-electron chi connectivity index (χ1n) is 6.54. The van der Waals surface area contributed by atoms with Gasteiger partial charge in [-0.1, -0.05) is 0 Å². The van der Waals surface area contributed by atoms with Crippen LogP contribution in [0.5, 0.6) is 0 Å². The Morgan fingerprint density at radius 2 is 1.95 bits per heavy atom. The summed E-state index contributed by atoms with van der Waals surface area (Å²) in [5.41, 5.74) is 2.94. The Balaban J connectivity index is 1.73. The average molecular weight is 276 g/mol. The predicted molar refractivity (Wildman–Crippen MR) is 74.1 cm³/mol. The third-order valence-electron chi connectivity index (χ3n) is 3.69. The van der Waals surface area contributed by atoms with Gasteiger partial charge in [0.1, 0.15) is 0 Å². The van der Waals surface area contributed by atoms with Crippen LogP contribution in [0.2, 0.25) is 0 Å². The van der Waals surface area contributed by atoms with E-state index in [1.807, 2.05) is 18.2 Å². The minimum Gasteiger partial charge on any atom is -0.465 e. The molecule has 0 saturated carbocycles. The number of anilines is 2. The molecule has 3 N–H and O–H groups in total. The van der Waals surface area contributed by atoms with Crippen molar-refractivity contribution in [1.82, 2.24) is 10.2 Å². The first kappa shape index (κ1) is 12.6. The Kier molecular flexibility index (Phi) is 3.09. The smallest absolute Gasteiger partial charge is 0.407 e. The topological polar surface area (TPSA) is 84.9 Å². The van der Waals surface area contributed by atoms with Crippen LogP contribution < -0.4 is 15.5 Å². The lowest BCUT2D eigenvalue weighted by molar-refractivity contribution is 0.142. The zero-order valence-corrected chi connectivity index (χ0v) is 10.9. The van der Waals surface area contributed by atoms with Crippen LogP contribution in [0.1, 0.15) is 5.56 Å². The lowest BCUT2D eigenvalue weighted by Gasteiger charge is -2.35. The molecule has 1 fully saturated rings. The highest BCUT2D eigenvalue weighted by Gasteiger charge is 2.21. The minimum absolute atomic E-state index is 0.180. The van der Waals surface area contributed by atoms with Gasteiger partial charge in [-0.25, -0.2) is 9.59 Å². The van der Waals surface area contributed by atoms with Gasteiger partial charge < -0.3 is 25.5 Å². The van der Waals surface area contributed by atoms with Gasteiger partial charge in [0.25, 0.3) is 0 Å². The normalized spacial score (nSPS) is 18.1. The van der Waals surface area contributed by atoms with Gasteiger partial charge in [-0.3, -0.25) is 0 Å². The van der Waals surface area contributed by atoms with Gasteiger partial charge in [0.05, 0.1) is 0 Å². The molecule has 2 aliphatic heterocycles. The maximum atomic E-state index is 11.2. The molecule has 0 radical (unpaired) electrons. The van der Waals surface area contributed by atoms with E-state index in [1.165, 1.54) is 4.90 Å². The fraction of sp³-hybridized carbons (Fsp3) is 0.385. The number of nitrogens with one attached hydrogen (secondary N) is 2. The van der Waals surface area contributed by atoms with Crippen LogP contribution in [-0.2, 0) is 6.54 Å². The van der Waals surface area contributed by atoms with Crippen molar-refractivity contribution >= 4 is 23.5 Å². The molecule has 7 nitrogen and oxygen atoms in total. The summed E-state index contributed by atoms with van der Waals surface area (Å²) >= 11 is 0. The summed E-state index contributed by atoms with van der Waals surface area (Å²) in [5, 5.41) is 14.4. The second-order valence-electron chi connectivity index (χ2n) is 4.91. The fourth-order valence-corrected chi connectivity index (χ4v) is 2.54. The molecule has 3 amide bonds. The summed E-state index contributed by atoms with van der Waals surface area (Å²) < 4.78 is 0. The molecule has 0 unspecified atom stereocenters. The van der Waals surface area contributed by atoms with Gasteiger partial charge in [0, 0.05) is 44.1 Å².